The van der Waals surface area contributed by atoms with Crippen LogP contribution in [0.4, 0.5) is 13.2 Å². The first-order valence-corrected chi connectivity index (χ1v) is 30.4. The number of aliphatic hydroxyl groups is 1. The van der Waals surface area contributed by atoms with Gasteiger partial charge in [-0.25, -0.2) is 0 Å². The monoisotopic (exact) mass is 1390 g/mol. The summed E-state index contributed by atoms with van der Waals surface area (Å²) >= 11 is 14.0. The number of hydrogen-bond donors (Lipinski definition) is 9. The van der Waals surface area contributed by atoms with Crippen LogP contribution in [0.25, 0.3) is 11.1 Å². The van der Waals surface area contributed by atoms with E-state index < -0.39 is 108 Å². The number of aliphatic hydroxyl groups excluding tert-OH is 1. The maximum absolute atomic E-state index is 16.2. The highest BCUT2D eigenvalue weighted by Crippen LogP contribution is 2.49. The van der Waals surface area contributed by atoms with Crippen molar-refractivity contribution < 1.29 is 99.3 Å². The minimum absolute atomic E-state index is 0.0234. The lowest BCUT2D eigenvalue weighted by Gasteiger charge is -2.32. The van der Waals surface area contributed by atoms with Crippen LogP contribution in [0.15, 0.2) is 115 Å². The molecule has 13 rings (SSSR count). The van der Waals surface area contributed by atoms with Gasteiger partial charge in [0.2, 0.25) is 47.1 Å². The molecule has 98 heavy (non-hydrogen) atoms. The van der Waals surface area contributed by atoms with E-state index in [2.05, 4.69) is 37.2 Å². The summed E-state index contributed by atoms with van der Waals surface area (Å²) in [6.07, 6.45) is -8.06. The third kappa shape index (κ3) is 13.7. The van der Waals surface area contributed by atoms with Crippen LogP contribution in [0.1, 0.15) is 75.3 Å². The summed E-state index contributed by atoms with van der Waals surface area (Å²) in [5.41, 5.74) is -0.293. The van der Waals surface area contributed by atoms with Crippen LogP contribution in [0, 0.1) is 0 Å². The van der Waals surface area contributed by atoms with Crippen molar-refractivity contribution >= 4 is 70.5 Å². The number of likely N-dealkylation sites (N-methyl/N-ethyl adjacent to an activating group) is 1. The molecule has 6 heterocycles. The van der Waals surface area contributed by atoms with Crippen molar-refractivity contribution in [1.29, 1.82) is 0 Å². The molecule has 7 aromatic rings. The van der Waals surface area contributed by atoms with Gasteiger partial charge in [0.1, 0.15) is 88.6 Å². The summed E-state index contributed by atoms with van der Waals surface area (Å²) in [5, 5.41) is 32.1. The van der Waals surface area contributed by atoms with Crippen LogP contribution in [-0.2, 0) is 44.8 Å². The van der Waals surface area contributed by atoms with E-state index in [1.807, 2.05) is 0 Å². The zero-order chi connectivity index (χ0) is 70.2. The number of amides is 8. The van der Waals surface area contributed by atoms with Gasteiger partial charge in [0.25, 0.3) is 0 Å². The molecule has 31 heteroatoms. The maximum atomic E-state index is 16.2. The molecule has 0 aromatic heterocycles. The fourth-order valence-corrected chi connectivity index (χ4v) is 12.1. The summed E-state index contributed by atoms with van der Waals surface area (Å²) in [7, 11) is 9.09. The highest BCUT2D eigenvalue weighted by molar-refractivity contribution is 6.32. The summed E-state index contributed by atoms with van der Waals surface area (Å²) < 4.78 is 96.3. The van der Waals surface area contributed by atoms with E-state index in [-0.39, 0.29) is 129 Å². The van der Waals surface area contributed by atoms with Gasteiger partial charge < -0.3 is 90.3 Å². The second-order valence-corrected chi connectivity index (χ2v) is 23.2. The summed E-state index contributed by atoms with van der Waals surface area (Å²) in [6, 6.07) is 11.4. The molecule has 0 aliphatic carbocycles. The number of hydrogen-bond acceptors (Lipinski definition) is 18. The number of nitrogens with one attached hydrogen (secondary N) is 8. The van der Waals surface area contributed by atoms with Gasteiger partial charge >= 0.3 is 12.1 Å². The third-order valence-electron chi connectivity index (χ3n) is 16.4. The quantitative estimate of drug-likeness (QED) is 0.0727. The number of methoxy groups -OCH3 is 6. The molecule has 0 unspecified atom stereocenters. The molecule has 8 amide bonds. The van der Waals surface area contributed by atoms with Crippen LogP contribution >= 0.6 is 23.2 Å². The van der Waals surface area contributed by atoms with E-state index in [4.69, 9.17) is 65.8 Å². The van der Waals surface area contributed by atoms with E-state index in [1.165, 1.54) is 159 Å². The van der Waals surface area contributed by atoms with Gasteiger partial charge in [-0.15, -0.1) is 0 Å². The molecule has 26 nitrogen and oxygen atoms in total. The molecular weight excluding hydrogens is 1330 g/mol. The molecule has 0 saturated heterocycles. The van der Waals surface area contributed by atoms with Crippen molar-refractivity contribution in [3.63, 3.8) is 0 Å². The molecule has 17 bridgehead atoms. The Morgan fingerprint density at radius 3 is 1.70 bits per heavy atom. The fourth-order valence-electron chi connectivity index (χ4n) is 11.6. The van der Waals surface area contributed by atoms with E-state index in [0.717, 1.165) is 6.07 Å². The molecule has 0 saturated carbocycles. The van der Waals surface area contributed by atoms with E-state index in [0.29, 0.717) is 0 Å². The minimum Gasteiger partial charge on any atom is -0.497 e. The van der Waals surface area contributed by atoms with E-state index in [9.17, 15) is 32.7 Å². The van der Waals surface area contributed by atoms with Crippen molar-refractivity contribution in [3.05, 3.63) is 164 Å². The van der Waals surface area contributed by atoms with Crippen LogP contribution in [0.3, 0.4) is 0 Å². The number of ether oxygens (including phenoxy) is 9. The van der Waals surface area contributed by atoms with Crippen LogP contribution in [0.5, 0.6) is 69.0 Å². The van der Waals surface area contributed by atoms with Gasteiger partial charge in [-0.3, -0.25) is 38.4 Å². The van der Waals surface area contributed by atoms with Crippen molar-refractivity contribution in [1.82, 2.24) is 42.5 Å². The van der Waals surface area contributed by atoms with Crippen LogP contribution in [0.2, 0.25) is 10.0 Å². The topological polar surface area (TPSA) is 336 Å². The Morgan fingerprint density at radius 1 is 0.520 bits per heavy atom. The zero-order valence-corrected chi connectivity index (χ0v) is 54.1. The Kier molecular flexibility index (Phi) is 19.4. The van der Waals surface area contributed by atoms with Crippen LogP contribution < -0.4 is 85.2 Å². The van der Waals surface area contributed by atoms with Gasteiger partial charge in [-0.2, -0.15) is 13.2 Å². The fraction of sp³-hybridized carbons (Fsp3) is 0.254. The summed E-state index contributed by atoms with van der Waals surface area (Å²) in [6.45, 7) is 0. The van der Waals surface area contributed by atoms with Gasteiger partial charge in [-0.1, -0.05) is 47.5 Å². The van der Waals surface area contributed by atoms with Gasteiger partial charge in [0.15, 0.2) is 23.0 Å². The lowest BCUT2D eigenvalue weighted by atomic mass is 9.89. The lowest BCUT2D eigenvalue weighted by Crippen LogP contribution is -2.56. The van der Waals surface area contributed by atoms with Crippen molar-refractivity contribution in [2.75, 3.05) is 49.7 Å². The first-order chi connectivity index (χ1) is 46.8. The number of rotatable bonds is 8. The molecule has 7 aromatic carbocycles. The molecule has 0 fully saturated rings. The van der Waals surface area contributed by atoms with Crippen molar-refractivity contribution in [2.45, 2.75) is 61.0 Å². The number of benzene rings is 7. The molecule has 0 spiro atoms. The first-order valence-electron chi connectivity index (χ1n) is 29.6. The Hall–Kier alpha value is -11.2. The summed E-state index contributed by atoms with van der Waals surface area (Å²) in [5.74, 6) is -11.8. The second-order valence-electron chi connectivity index (χ2n) is 22.4. The average molecular weight is 1390 g/mol. The normalized spacial score (nSPS) is 20.6. The molecule has 6 aliphatic rings. The van der Waals surface area contributed by atoms with Gasteiger partial charge in [0.05, 0.1) is 52.7 Å². The second kappa shape index (κ2) is 27.9. The Labute approximate surface area is 564 Å². The Bertz CT molecular complexity index is 4430. The predicted octanol–water partition coefficient (Wildman–Crippen LogP) is 7.18. The molecule has 0 radical (unpaired) electrons. The molecule has 6 aliphatic heterocycles. The van der Waals surface area contributed by atoms with Gasteiger partial charge in [-0.05, 0) is 118 Å². The average Bonchev–Trinajstić information content (AvgIpc) is 0.762. The summed E-state index contributed by atoms with van der Waals surface area (Å²) in [4.78, 5) is 120. The number of alkyl halides is 3. The molecule has 510 valence electrons. The Morgan fingerprint density at radius 2 is 1.09 bits per heavy atom. The van der Waals surface area contributed by atoms with Crippen molar-refractivity contribution in [2.24, 2.45) is 0 Å². The number of carbonyl (C=O) groups excluding carboxylic acids is 8. The van der Waals surface area contributed by atoms with Crippen molar-refractivity contribution in [3.8, 4) is 80.1 Å². The largest absolute Gasteiger partial charge is 0.497 e. The molecular formula is C67H59Cl2F3N8O18. The third-order valence-corrected chi connectivity index (χ3v) is 17.0. The Balaban J connectivity index is 1.16. The maximum Gasteiger partial charge on any atom is 0.471 e. The lowest BCUT2D eigenvalue weighted by molar-refractivity contribution is -0.174. The molecule has 9 N–H and O–H groups in total. The highest BCUT2D eigenvalue weighted by Gasteiger charge is 2.44. The van der Waals surface area contributed by atoms with Gasteiger partial charge in [0, 0.05) is 36.7 Å². The predicted molar refractivity (Wildman–Crippen MR) is 341 cm³/mol. The number of carbonyl (C=O) groups is 8. The zero-order valence-electron chi connectivity index (χ0n) is 52.6. The smallest absolute Gasteiger partial charge is 0.471 e. The van der Waals surface area contributed by atoms with Crippen LogP contribution in [-0.4, -0.2) is 120 Å². The SMILES string of the molecule is CNC(=O)[C@H]1NC(=O)[C@H]2NC(=O)[C@H](NC(=O)[C@@H]3NC(=O)[C@H]4NC(=O)[C@@H](Cc5ccc(c(Cl)c5)Oc5cc3cc(c5OC)Oc3ccc(cc3Cl)[C@H]2O)NC(=O)[C@H](NC(=O)C(F)(F)F)c2ccc(OC)c(c2)Oc2cc(OC)cc4c2)c2ccc(OC)c(c2)-c2c(OC)cc(OC)cc21. The number of halogens is 5. The first kappa shape index (κ1) is 68.2. The minimum atomic E-state index is -5.52. The van der Waals surface area contributed by atoms with E-state index in [1.54, 1.807) is 5.32 Å². The highest BCUT2D eigenvalue weighted by atomic mass is 35.5. The molecule has 8 atom stereocenters. The number of fused-ring (bicyclic) bond motifs is 14. The van der Waals surface area contributed by atoms with E-state index >= 15 is 24.0 Å². The standard InChI is InChI=1S/C67H59Cl2F3N8O18/c1-73-60(83)55-38-26-35(91-3)27-47(94-6)50(38)37-20-29(9-13-42(37)92-4)51-62(85)79-56(65(88)78-55)57(81)31-11-14-44(40(69)21-31)98-49-24-33-23-48(58(49)95-7)97-43-12-8-28(16-39(43)68)17-41-59(82)75-53(63(86)77-54(33)64(87)76-51)32-18-34(90-2)25-36(19-32)96-46-22-30(10-15-45(46)93-5)52(61(84)74-41)80-66(89)67(70,71)72/h8-16,18-27,41,51-57,81H,17H2,1-7H3,(H,73,83)(H,74,84)(H,75,82)(H,76,87)(H,77,86)(H,78,88)(H,79,85)(H,80,89)/t41-,51-,52-,53+,54-,55+,56+,57-/m1/s1.